The Hall–Kier alpha value is -4.19. The van der Waals surface area contributed by atoms with Gasteiger partial charge in [-0.05, 0) is 36.8 Å². The number of methoxy groups -OCH3 is 2. The Morgan fingerprint density at radius 1 is 1.12 bits per heavy atom. The van der Waals surface area contributed by atoms with Crippen LogP contribution < -0.4 is 25.0 Å². The van der Waals surface area contributed by atoms with Gasteiger partial charge in [-0.3, -0.25) is 4.79 Å². The Bertz CT molecular complexity index is 1550. The van der Waals surface area contributed by atoms with E-state index < -0.39 is 11.8 Å². The van der Waals surface area contributed by atoms with Crippen LogP contribution in [0.1, 0.15) is 34.3 Å². The van der Waals surface area contributed by atoms with Crippen molar-refractivity contribution in [2.75, 3.05) is 42.8 Å². The average molecular weight is 572 g/mol. The fourth-order valence-electron chi connectivity index (χ4n) is 4.58. The number of carbonyl (C=O) groups excluding carboxylic acids is 1. The van der Waals surface area contributed by atoms with Crippen LogP contribution in [-0.4, -0.2) is 58.7 Å². The van der Waals surface area contributed by atoms with Gasteiger partial charge >= 0.3 is 0 Å². The number of ether oxygens (including phenoxy) is 2. The van der Waals surface area contributed by atoms with Gasteiger partial charge in [-0.1, -0.05) is 11.6 Å². The summed E-state index contributed by atoms with van der Waals surface area (Å²) >= 11 is 6.59. The van der Waals surface area contributed by atoms with Gasteiger partial charge in [-0.15, -0.1) is 0 Å². The first kappa shape index (κ1) is 27.4. The Labute approximate surface area is 234 Å². The van der Waals surface area contributed by atoms with Gasteiger partial charge in [0.1, 0.15) is 40.8 Å². The van der Waals surface area contributed by atoms with Crippen molar-refractivity contribution in [1.29, 1.82) is 0 Å². The van der Waals surface area contributed by atoms with E-state index in [1.807, 2.05) is 19.1 Å². The molecule has 0 spiro atoms. The van der Waals surface area contributed by atoms with Gasteiger partial charge in [0, 0.05) is 50.2 Å². The second kappa shape index (κ2) is 11.1. The molecule has 0 atom stereocenters. The van der Waals surface area contributed by atoms with E-state index in [9.17, 15) is 13.6 Å². The van der Waals surface area contributed by atoms with Gasteiger partial charge in [0.2, 0.25) is 0 Å². The number of alkyl halides is 2. The first-order valence-corrected chi connectivity index (χ1v) is 12.9. The van der Waals surface area contributed by atoms with Crippen LogP contribution >= 0.6 is 11.6 Å². The lowest BCUT2D eigenvalue weighted by Crippen LogP contribution is -2.39. The van der Waals surface area contributed by atoms with Gasteiger partial charge in [-0.25, -0.2) is 18.7 Å². The highest BCUT2D eigenvalue weighted by Gasteiger charge is 2.34. The maximum Gasteiger partial charge on any atom is 0.262 e. The summed E-state index contributed by atoms with van der Waals surface area (Å²) in [6.07, 6.45) is 0.851. The lowest BCUT2D eigenvalue weighted by Gasteiger charge is -2.32. The molecule has 1 fully saturated rings. The molecule has 1 aliphatic rings. The smallest absolute Gasteiger partial charge is 0.262 e. The van der Waals surface area contributed by atoms with Crippen LogP contribution in [0.3, 0.4) is 0 Å². The Morgan fingerprint density at radius 3 is 2.62 bits per heavy atom. The minimum absolute atomic E-state index is 0.120. The second-order valence-electron chi connectivity index (χ2n) is 9.46. The minimum atomic E-state index is -2.67. The highest BCUT2D eigenvalue weighted by Crippen LogP contribution is 2.32. The van der Waals surface area contributed by atoms with E-state index in [2.05, 4.69) is 25.7 Å². The minimum Gasteiger partial charge on any atom is -0.497 e. The van der Waals surface area contributed by atoms with E-state index >= 15 is 0 Å². The summed E-state index contributed by atoms with van der Waals surface area (Å²) in [4.78, 5) is 24.0. The maximum absolute atomic E-state index is 13.6. The monoisotopic (exact) mass is 571 g/mol. The molecule has 1 saturated heterocycles. The van der Waals surface area contributed by atoms with E-state index in [1.165, 1.54) is 10.8 Å². The number of amides is 1. The van der Waals surface area contributed by atoms with Crippen molar-refractivity contribution in [1.82, 2.24) is 19.6 Å². The number of hydrogen-bond donors (Lipinski definition) is 2. The number of rotatable bonds is 8. The largest absolute Gasteiger partial charge is 0.497 e. The van der Waals surface area contributed by atoms with Gasteiger partial charge in [0.15, 0.2) is 5.65 Å². The van der Waals surface area contributed by atoms with E-state index in [-0.39, 0.29) is 48.0 Å². The molecule has 10 nitrogen and oxygen atoms in total. The molecule has 3 aromatic heterocycles. The van der Waals surface area contributed by atoms with E-state index in [0.717, 1.165) is 11.1 Å². The highest BCUT2D eigenvalue weighted by molar-refractivity contribution is 6.35. The van der Waals surface area contributed by atoms with Crippen LogP contribution in [0.15, 0.2) is 42.7 Å². The van der Waals surface area contributed by atoms with Crippen molar-refractivity contribution < 1.29 is 23.0 Å². The summed E-state index contributed by atoms with van der Waals surface area (Å²) in [5, 5.41) is 10.5. The number of hydrogen-bond acceptors (Lipinski definition) is 8. The molecule has 1 aliphatic heterocycles. The first-order valence-electron chi connectivity index (χ1n) is 12.6. The summed E-state index contributed by atoms with van der Waals surface area (Å²) in [5.74, 6) is -0.555. The Balaban J connectivity index is 1.37. The molecule has 1 aromatic carbocycles. The lowest BCUT2D eigenvalue weighted by molar-refractivity contribution is -0.0221. The van der Waals surface area contributed by atoms with Crippen molar-refractivity contribution in [3.8, 4) is 11.5 Å². The van der Waals surface area contributed by atoms with Crippen LogP contribution in [-0.2, 0) is 6.54 Å². The summed E-state index contributed by atoms with van der Waals surface area (Å²) in [7, 11) is 3.16. The quantitative estimate of drug-likeness (QED) is 0.297. The molecule has 0 aliphatic carbocycles. The molecule has 2 N–H and O–H groups in total. The molecule has 210 valence electrons. The van der Waals surface area contributed by atoms with Crippen LogP contribution in [0.2, 0.25) is 5.02 Å². The molecule has 1 amide bonds. The molecule has 4 heterocycles. The standard InChI is InChI=1S/C27H28ClF2N7O3/c1-16-10-21(34-23(11-16)36-8-6-27(29,30)7-9-36)35-26(38)24-19(28)13-22(37-25(24)32-15-33-37)31-14-17-4-5-18(39-2)12-20(17)40-3/h4-5,10-13,15,31H,6-9,14H2,1-3H3,(H,34,35,38). The number of aromatic nitrogens is 4. The summed E-state index contributed by atoms with van der Waals surface area (Å²) < 4.78 is 39.5. The van der Waals surface area contributed by atoms with Crippen molar-refractivity contribution >= 4 is 40.6 Å². The number of pyridine rings is 2. The third-order valence-electron chi connectivity index (χ3n) is 6.70. The molecular weight excluding hydrogens is 544 g/mol. The fraction of sp³-hybridized carbons (Fsp3) is 0.333. The molecule has 0 saturated carbocycles. The second-order valence-corrected chi connectivity index (χ2v) is 9.87. The lowest BCUT2D eigenvalue weighted by atomic mass is 10.1. The molecule has 0 unspecified atom stereocenters. The summed E-state index contributed by atoms with van der Waals surface area (Å²) in [6.45, 7) is 2.59. The van der Waals surface area contributed by atoms with Gasteiger partial charge in [0.25, 0.3) is 11.8 Å². The SMILES string of the molecule is COc1ccc(CNc2cc(Cl)c(C(=O)Nc3cc(C)cc(N4CCC(F)(F)CC4)n3)c3ncnn23)c(OC)c1. The van der Waals surface area contributed by atoms with E-state index in [4.69, 9.17) is 21.1 Å². The Morgan fingerprint density at radius 2 is 1.90 bits per heavy atom. The van der Waals surface area contributed by atoms with Crippen LogP contribution in [0, 0.1) is 6.92 Å². The normalized spacial score (nSPS) is 14.7. The van der Waals surface area contributed by atoms with Crippen LogP contribution in [0.25, 0.3) is 5.65 Å². The van der Waals surface area contributed by atoms with Crippen molar-refractivity contribution in [2.24, 2.45) is 0 Å². The number of aryl methyl sites for hydroxylation is 1. The molecule has 13 heteroatoms. The summed E-state index contributed by atoms with van der Waals surface area (Å²) in [6, 6.07) is 10.6. The zero-order valence-corrected chi connectivity index (χ0v) is 22.9. The van der Waals surface area contributed by atoms with Crippen molar-refractivity contribution in [3.63, 3.8) is 0 Å². The highest BCUT2D eigenvalue weighted by atomic mass is 35.5. The molecule has 0 radical (unpaired) electrons. The number of nitrogens with zero attached hydrogens (tertiary/aromatic N) is 5. The number of benzene rings is 1. The zero-order chi connectivity index (χ0) is 28.4. The van der Waals surface area contributed by atoms with E-state index in [1.54, 1.807) is 43.4 Å². The van der Waals surface area contributed by atoms with Gasteiger partial charge in [-0.2, -0.15) is 9.61 Å². The Kier molecular flexibility index (Phi) is 7.61. The number of piperidine rings is 1. The predicted molar refractivity (Wildman–Crippen MR) is 148 cm³/mol. The van der Waals surface area contributed by atoms with E-state index in [0.29, 0.717) is 29.7 Å². The number of carbonyl (C=O) groups is 1. The molecular formula is C27H28ClF2N7O3. The topological polar surface area (TPSA) is 106 Å². The van der Waals surface area contributed by atoms with Gasteiger partial charge < -0.3 is 25.0 Å². The van der Waals surface area contributed by atoms with Crippen LogP contribution in [0.5, 0.6) is 11.5 Å². The third kappa shape index (κ3) is 5.71. The number of fused-ring (bicyclic) bond motifs is 1. The molecule has 5 rings (SSSR count). The number of nitrogens with one attached hydrogen (secondary N) is 2. The maximum atomic E-state index is 13.6. The number of anilines is 3. The van der Waals surface area contributed by atoms with Crippen molar-refractivity contribution in [3.05, 3.63) is 64.4 Å². The zero-order valence-electron chi connectivity index (χ0n) is 22.2. The molecule has 40 heavy (non-hydrogen) atoms. The summed E-state index contributed by atoms with van der Waals surface area (Å²) in [5.41, 5.74) is 2.06. The fourth-order valence-corrected chi connectivity index (χ4v) is 4.86. The predicted octanol–water partition coefficient (Wildman–Crippen LogP) is 5.20. The number of halogens is 3. The molecule has 4 aromatic rings. The average Bonchev–Trinajstić information content (AvgIpc) is 3.40. The van der Waals surface area contributed by atoms with Gasteiger partial charge in [0.05, 0.1) is 19.2 Å². The van der Waals surface area contributed by atoms with Crippen molar-refractivity contribution in [2.45, 2.75) is 32.2 Å². The molecule has 0 bridgehead atoms. The third-order valence-corrected chi connectivity index (χ3v) is 7.00. The first-order chi connectivity index (χ1) is 19.2. The van der Waals surface area contributed by atoms with Crippen LogP contribution in [0.4, 0.5) is 26.2 Å².